The first kappa shape index (κ1) is 14.5. The van der Waals surface area contributed by atoms with Gasteiger partial charge in [0.25, 0.3) is 0 Å². The zero-order valence-electron chi connectivity index (χ0n) is 10.8. The van der Waals surface area contributed by atoms with E-state index >= 15 is 0 Å². The van der Waals surface area contributed by atoms with Gasteiger partial charge in [-0.05, 0) is 53.9 Å². The van der Waals surface area contributed by atoms with Crippen LogP contribution in [0, 0.1) is 0 Å². The fraction of sp³-hybridized carbons (Fsp3) is 0.538. The van der Waals surface area contributed by atoms with Crippen LogP contribution in [0.4, 0.5) is 0 Å². The van der Waals surface area contributed by atoms with E-state index in [9.17, 15) is 0 Å². The third-order valence-corrected chi connectivity index (χ3v) is 3.71. The summed E-state index contributed by atoms with van der Waals surface area (Å²) in [7, 11) is 3.34. The summed E-state index contributed by atoms with van der Waals surface area (Å²) in [5.41, 5.74) is 6.98. The Balaban J connectivity index is 2.79. The predicted octanol–water partition coefficient (Wildman–Crippen LogP) is 2.75. The third-order valence-electron chi connectivity index (χ3n) is 3.09. The van der Waals surface area contributed by atoms with E-state index in [4.69, 9.17) is 15.2 Å². The minimum absolute atomic E-state index is 0.0483. The van der Waals surface area contributed by atoms with E-state index in [2.05, 4.69) is 15.9 Å². The van der Waals surface area contributed by atoms with E-state index in [0.29, 0.717) is 0 Å². The number of halogens is 1. The summed E-state index contributed by atoms with van der Waals surface area (Å²) in [4.78, 5) is 0. The second kappa shape index (κ2) is 5.85. The summed E-state index contributed by atoms with van der Waals surface area (Å²) < 4.78 is 11.5. The number of methoxy groups -OCH3 is 2. The van der Waals surface area contributed by atoms with Gasteiger partial charge in [0.05, 0.1) is 17.2 Å². The van der Waals surface area contributed by atoms with Crippen LogP contribution in [0.25, 0.3) is 0 Å². The Bertz CT molecular complexity index is 380. The van der Waals surface area contributed by atoms with Crippen molar-refractivity contribution in [3.05, 3.63) is 28.2 Å². The van der Waals surface area contributed by atoms with Crippen LogP contribution in [0.2, 0.25) is 0 Å². The number of hydrogen-bond acceptors (Lipinski definition) is 3. The van der Waals surface area contributed by atoms with Crippen molar-refractivity contribution >= 4 is 15.9 Å². The highest BCUT2D eigenvalue weighted by Crippen LogP contribution is 2.26. The minimum atomic E-state index is -0.327. The molecule has 0 saturated heterocycles. The van der Waals surface area contributed by atoms with Gasteiger partial charge < -0.3 is 15.2 Å². The fourth-order valence-electron chi connectivity index (χ4n) is 1.49. The Labute approximate surface area is 111 Å². The fourth-order valence-corrected chi connectivity index (χ4v) is 2.08. The van der Waals surface area contributed by atoms with Crippen molar-refractivity contribution < 1.29 is 9.47 Å². The molecule has 0 fully saturated rings. The second-order valence-corrected chi connectivity index (χ2v) is 5.44. The van der Waals surface area contributed by atoms with Crippen LogP contribution in [0.15, 0.2) is 22.7 Å². The number of ether oxygens (including phenoxy) is 2. The quantitative estimate of drug-likeness (QED) is 0.909. The van der Waals surface area contributed by atoms with Crippen molar-refractivity contribution in [2.45, 2.75) is 31.9 Å². The monoisotopic (exact) mass is 301 g/mol. The van der Waals surface area contributed by atoms with Crippen molar-refractivity contribution in [1.82, 2.24) is 0 Å². The lowest BCUT2D eigenvalue weighted by Crippen LogP contribution is -2.46. The zero-order chi connectivity index (χ0) is 13.1. The Morgan fingerprint density at radius 1 is 1.35 bits per heavy atom. The molecule has 1 rings (SSSR count). The second-order valence-electron chi connectivity index (χ2n) is 4.59. The number of nitrogens with two attached hydrogens (primary N) is 1. The zero-order valence-corrected chi connectivity index (χ0v) is 12.4. The smallest absolute Gasteiger partial charge is 0.133 e. The maximum Gasteiger partial charge on any atom is 0.133 e. The van der Waals surface area contributed by atoms with Gasteiger partial charge in [0, 0.05) is 13.2 Å². The number of benzene rings is 1. The molecule has 0 heterocycles. The standard InChI is InChI=1S/C13H20BrNO2/c1-13(2,17-4)12(15)8-9-5-6-11(16-3)10(14)7-9/h5-7,12H,8,15H2,1-4H3. The Morgan fingerprint density at radius 2 is 2.00 bits per heavy atom. The van der Waals surface area contributed by atoms with Gasteiger partial charge in [0.15, 0.2) is 0 Å². The summed E-state index contributed by atoms with van der Waals surface area (Å²) in [5, 5.41) is 0. The van der Waals surface area contributed by atoms with Gasteiger partial charge in [0.2, 0.25) is 0 Å². The van der Waals surface area contributed by atoms with E-state index in [0.717, 1.165) is 22.2 Å². The molecule has 3 nitrogen and oxygen atoms in total. The molecule has 0 amide bonds. The largest absolute Gasteiger partial charge is 0.496 e. The molecule has 2 N–H and O–H groups in total. The van der Waals surface area contributed by atoms with Crippen LogP contribution in [0.3, 0.4) is 0 Å². The predicted molar refractivity (Wildman–Crippen MR) is 73.5 cm³/mol. The van der Waals surface area contributed by atoms with Gasteiger partial charge in [-0.2, -0.15) is 0 Å². The van der Waals surface area contributed by atoms with E-state index in [1.807, 2.05) is 32.0 Å². The number of hydrogen-bond donors (Lipinski definition) is 1. The molecule has 0 saturated carbocycles. The highest BCUT2D eigenvalue weighted by Gasteiger charge is 2.25. The molecule has 0 aromatic heterocycles. The topological polar surface area (TPSA) is 44.5 Å². The lowest BCUT2D eigenvalue weighted by molar-refractivity contribution is 0.000802. The molecule has 0 aliphatic heterocycles. The molecule has 1 aromatic rings. The van der Waals surface area contributed by atoms with Crippen molar-refractivity contribution in [2.75, 3.05) is 14.2 Å². The van der Waals surface area contributed by atoms with E-state index in [1.54, 1.807) is 14.2 Å². The molecule has 0 bridgehead atoms. The highest BCUT2D eigenvalue weighted by atomic mass is 79.9. The minimum Gasteiger partial charge on any atom is -0.496 e. The van der Waals surface area contributed by atoms with Gasteiger partial charge in [-0.1, -0.05) is 6.07 Å². The van der Waals surface area contributed by atoms with Crippen LogP contribution in [-0.2, 0) is 11.2 Å². The molecule has 1 atom stereocenters. The summed E-state index contributed by atoms with van der Waals surface area (Å²) in [6.07, 6.45) is 0.767. The van der Waals surface area contributed by atoms with Crippen molar-refractivity contribution in [3.8, 4) is 5.75 Å². The van der Waals surface area contributed by atoms with Crippen LogP contribution < -0.4 is 10.5 Å². The SMILES string of the molecule is COc1ccc(CC(N)C(C)(C)OC)cc1Br. The molecule has 0 spiro atoms. The van der Waals surface area contributed by atoms with Gasteiger partial charge in [-0.3, -0.25) is 0 Å². The van der Waals surface area contributed by atoms with Crippen molar-refractivity contribution in [2.24, 2.45) is 5.73 Å². The molecule has 0 aliphatic carbocycles. The first-order valence-corrected chi connectivity index (χ1v) is 6.33. The number of rotatable bonds is 5. The van der Waals surface area contributed by atoms with Gasteiger partial charge in [-0.15, -0.1) is 0 Å². The lowest BCUT2D eigenvalue weighted by atomic mass is 9.93. The first-order valence-electron chi connectivity index (χ1n) is 5.54. The van der Waals surface area contributed by atoms with Gasteiger partial charge in [-0.25, -0.2) is 0 Å². The maximum absolute atomic E-state index is 6.14. The average molecular weight is 302 g/mol. The van der Waals surface area contributed by atoms with Crippen LogP contribution in [0.5, 0.6) is 5.75 Å². The van der Waals surface area contributed by atoms with Gasteiger partial charge >= 0.3 is 0 Å². The van der Waals surface area contributed by atoms with Crippen molar-refractivity contribution in [3.63, 3.8) is 0 Å². The Morgan fingerprint density at radius 3 is 2.47 bits per heavy atom. The lowest BCUT2D eigenvalue weighted by Gasteiger charge is -2.30. The van der Waals surface area contributed by atoms with E-state index < -0.39 is 0 Å². The van der Waals surface area contributed by atoms with Gasteiger partial charge in [0.1, 0.15) is 5.75 Å². The molecular weight excluding hydrogens is 282 g/mol. The van der Waals surface area contributed by atoms with Crippen LogP contribution in [-0.4, -0.2) is 25.9 Å². The summed E-state index contributed by atoms with van der Waals surface area (Å²) in [6, 6.07) is 5.94. The van der Waals surface area contributed by atoms with Crippen LogP contribution >= 0.6 is 15.9 Å². The normalized spacial score (nSPS) is 13.5. The molecule has 0 radical (unpaired) electrons. The van der Waals surface area contributed by atoms with E-state index in [1.165, 1.54) is 0 Å². The maximum atomic E-state index is 6.14. The Kier molecular flexibility index (Phi) is 4.98. The Hall–Kier alpha value is -0.580. The molecule has 17 heavy (non-hydrogen) atoms. The summed E-state index contributed by atoms with van der Waals surface area (Å²) in [6.45, 7) is 3.99. The summed E-state index contributed by atoms with van der Waals surface area (Å²) in [5.74, 6) is 0.827. The molecular formula is C13H20BrNO2. The average Bonchev–Trinajstić information content (AvgIpc) is 2.29. The molecule has 96 valence electrons. The highest BCUT2D eigenvalue weighted by molar-refractivity contribution is 9.10. The van der Waals surface area contributed by atoms with E-state index in [-0.39, 0.29) is 11.6 Å². The summed E-state index contributed by atoms with van der Waals surface area (Å²) >= 11 is 3.47. The molecule has 1 aromatic carbocycles. The molecule has 4 heteroatoms. The first-order chi connectivity index (χ1) is 7.90. The third kappa shape index (κ3) is 3.69. The van der Waals surface area contributed by atoms with Crippen molar-refractivity contribution in [1.29, 1.82) is 0 Å². The molecule has 0 aliphatic rings. The molecule has 1 unspecified atom stereocenters. The van der Waals surface area contributed by atoms with Crippen LogP contribution in [0.1, 0.15) is 19.4 Å².